The number of aromatic nitrogens is 1. The molecule has 138 valence electrons. The van der Waals surface area contributed by atoms with E-state index in [0.29, 0.717) is 0 Å². The van der Waals surface area contributed by atoms with Crippen LogP contribution in [0.5, 0.6) is 0 Å². The summed E-state index contributed by atoms with van der Waals surface area (Å²) in [7, 11) is 0. The molecule has 1 aromatic heterocycles. The normalized spacial score (nSPS) is 14.9. The molecule has 1 aliphatic heterocycles. The SMILES string of the molecule is NC(=O)Cn1cc(C=Nc2ccc(N3CCOCC3)cc2)c2ccccc21. The fraction of sp³-hybridized carbons (Fsp3) is 0.238. The molecular formula is C21H22N4O2. The maximum Gasteiger partial charge on any atom is 0.237 e. The van der Waals surface area contributed by atoms with E-state index >= 15 is 0 Å². The summed E-state index contributed by atoms with van der Waals surface area (Å²) in [5.41, 5.74) is 9.37. The van der Waals surface area contributed by atoms with Crippen LogP contribution in [0.3, 0.4) is 0 Å². The number of hydrogen-bond acceptors (Lipinski definition) is 4. The van der Waals surface area contributed by atoms with E-state index in [0.717, 1.165) is 48.5 Å². The van der Waals surface area contributed by atoms with Gasteiger partial charge in [0.05, 0.1) is 18.9 Å². The molecule has 0 atom stereocenters. The molecule has 1 amide bonds. The molecule has 0 aliphatic carbocycles. The minimum atomic E-state index is -0.363. The molecule has 1 aliphatic rings. The number of rotatable bonds is 5. The molecule has 0 bridgehead atoms. The summed E-state index contributed by atoms with van der Waals surface area (Å²) in [5, 5.41) is 1.05. The Balaban J connectivity index is 1.56. The molecule has 3 aromatic rings. The van der Waals surface area contributed by atoms with Gasteiger partial charge in [-0.15, -0.1) is 0 Å². The average Bonchev–Trinajstić information content (AvgIpc) is 3.05. The number of anilines is 1. The van der Waals surface area contributed by atoms with Gasteiger partial charge in [0.1, 0.15) is 6.54 Å². The summed E-state index contributed by atoms with van der Waals surface area (Å²) in [5.74, 6) is -0.363. The van der Waals surface area contributed by atoms with Crippen molar-refractivity contribution in [1.82, 2.24) is 4.57 Å². The van der Waals surface area contributed by atoms with Crippen molar-refractivity contribution in [3.63, 3.8) is 0 Å². The molecule has 2 heterocycles. The van der Waals surface area contributed by atoms with Crippen LogP contribution in [0.25, 0.3) is 10.9 Å². The molecule has 27 heavy (non-hydrogen) atoms. The summed E-state index contributed by atoms with van der Waals surface area (Å²) < 4.78 is 7.26. The zero-order valence-corrected chi connectivity index (χ0v) is 15.0. The number of hydrogen-bond donors (Lipinski definition) is 1. The number of nitrogens with two attached hydrogens (primary N) is 1. The van der Waals surface area contributed by atoms with Gasteiger partial charge in [-0.1, -0.05) is 18.2 Å². The van der Waals surface area contributed by atoms with Crippen molar-refractivity contribution < 1.29 is 9.53 Å². The Morgan fingerprint density at radius 3 is 2.59 bits per heavy atom. The van der Waals surface area contributed by atoms with Crippen LogP contribution in [-0.4, -0.2) is 43.0 Å². The lowest BCUT2D eigenvalue weighted by molar-refractivity contribution is -0.118. The second kappa shape index (κ2) is 7.63. The molecular weight excluding hydrogens is 340 g/mol. The van der Waals surface area contributed by atoms with Crippen molar-refractivity contribution in [3.05, 3.63) is 60.3 Å². The van der Waals surface area contributed by atoms with E-state index in [-0.39, 0.29) is 12.5 Å². The predicted molar refractivity (Wildman–Crippen MR) is 108 cm³/mol. The van der Waals surface area contributed by atoms with Gasteiger partial charge in [0, 0.05) is 47.7 Å². The van der Waals surface area contributed by atoms with Crippen LogP contribution in [0.1, 0.15) is 5.56 Å². The Morgan fingerprint density at radius 2 is 1.85 bits per heavy atom. The van der Waals surface area contributed by atoms with Crippen molar-refractivity contribution in [1.29, 1.82) is 0 Å². The van der Waals surface area contributed by atoms with E-state index in [1.54, 1.807) is 0 Å². The van der Waals surface area contributed by atoms with Crippen LogP contribution < -0.4 is 10.6 Å². The molecule has 2 aromatic carbocycles. The maximum absolute atomic E-state index is 11.3. The summed E-state index contributed by atoms with van der Waals surface area (Å²) in [6, 6.07) is 16.1. The predicted octanol–water partition coefficient (Wildman–Crippen LogP) is 2.71. The lowest BCUT2D eigenvalue weighted by Crippen LogP contribution is -2.36. The van der Waals surface area contributed by atoms with Gasteiger partial charge < -0.3 is 19.9 Å². The lowest BCUT2D eigenvalue weighted by atomic mass is 10.2. The van der Waals surface area contributed by atoms with E-state index < -0.39 is 0 Å². The smallest absolute Gasteiger partial charge is 0.237 e. The summed E-state index contributed by atoms with van der Waals surface area (Å²) >= 11 is 0. The number of primary amides is 1. The molecule has 4 rings (SSSR count). The van der Waals surface area contributed by atoms with E-state index in [4.69, 9.17) is 10.5 Å². The third-order valence-electron chi connectivity index (χ3n) is 4.72. The standard InChI is InChI=1S/C21H22N4O2/c22-21(26)15-25-14-16(19-3-1-2-4-20(19)25)13-23-17-5-7-18(8-6-17)24-9-11-27-12-10-24/h1-8,13-14H,9-12,15H2,(H2,22,26). The first-order chi connectivity index (χ1) is 13.2. The topological polar surface area (TPSA) is 72.9 Å². The van der Waals surface area contributed by atoms with Crippen molar-refractivity contribution in [2.24, 2.45) is 10.7 Å². The second-order valence-corrected chi connectivity index (χ2v) is 6.57. The number of para-hydroxylation sites is 1. The first-order valence-corrected chi connectivity index (χ1v) is 9.04. The van der Waals surface area contributed by atoms with E-state index in [2.05, 4.69) is 22.0 Å². The number of morpholine rings is 1. The Bertz CT molecular complexity index is 970. The Kier molecular flexibility index (Phi) is 4.89. The van der Waals surface area contributed by atoms with Gasteiger partial charge in [-0.25, -0.2) is 0 Å². The van der Waals surface area contributed by atoms with Gasteiger partial charge in [0.2, 0.25) is 5.91 Å². The van der Waals surface area contributed by atoms with Crippen molar-refractivity contribution in [2.75, 3.05) is 31.2 Å². The highest BCUT2D eigenvalue weighted by Gasteiger charge is 2.11. The van der Waals surface area contributed by atoms with E-state index in [1.807, 2.05) is 53.4 Å². The van der Waals surface area contributed by atoms with Crippen molar-refractivity contribution in [2.45, 2.75) is 6.54 Å². The third kappa shape index (κ3) is 3.85. The van der Waals surface area contributed by atoms with Crippen molar-refractivity contribution >= 4 is 34.4 Å². The first kappa shape index (κ1) is 17.3. The maximum atomic E-state index is 11.3. The van der Waals surface area contributed by atoms with E-state index in [1.165, 1.54) is 5.69 Å². The molecule has 6 heteroatoms. The number of amides is 1. The number of nitrogens with zero attached hydrogens (tertiary/aromatic N) is 3. The highest BCUT2D eigenvalue weighted by molar-refractivity contribution is 6.00. The number of aliphatic imine (C=N–C) groups is 1. The Labute approximate surface area is 157 Å². The van der Waals surface area contributed by atoms with Crippen LogP contribution in [0.2, 0.25) is 0 Å². The van der Waals surface area contributed by atoms with Gasteiger partial charge in [0.25, 0.3) is 0 Å². The highest BCUT2D eigenvalue weighted by Crippen LogP contribution is 2.23. The monoisotopic (exact) mass is 362 g/mol. The minimum absolute atomic E-state index is 0.155. The van der Waals surface area contributed by atoms with E-state index in [9.17, 15) is 4.79 Å². The molecule has 2 N–H and O–H groups in total. The van der Waals surface area contributed by atoms with Gasteiger partial charge in [-0.05, 0) is 30.3 Å². The number of carbonyl (C=O) groups is 1. The molecule has 0 unspecified atom stereocenters. The summed E-state index contributed by atoms with van der Waals surface area (Å²) in [4.78, 5) is 18.2. The van der Waals surface area contributed by atoms with Crippen LogP contribution in [0.4, 0.5) is 11.4 Å². The minimum Gasteiger partial charge on any atom is -0.378 e. The molecule has 1 saturated heterocycles. The summed E-state index contributed by atoms with van der Waals surface area (Å²) in [6.07, 6.45) is 3.75. The second-order valence-electron chi connectivity index (χ2n) is 6.57. The lowest BCUT2D eigenvalue weighted by Gasteiger charge is -2.28. The largest absolute Gasteiger partial charge is 0.378 e. The number of fused-ring (bicyclic) bond motifs is 1. The van der Waals surface area contributed by atoms with Crippen LogP contribution in [-0.2, 0) is 16.1 Å². The summed E-state index contributed by atoms with van der Waals surface area (Å²) in [6.45, 7) is 3.54. The molecule has 1 fully saturated rings. The Morgan fingerprint density at radius 1 is 1.11 bits per heavy atom. The van der Waals surface area contributed by atoms with Crippen molar-refractivity contribution in [3.8, 4) is 0 Å². The molecule has 0 saturated carbocycles. The highest BCUT2D eigenvalue weighted by atomic mass is 16.5. The first-order valence-electron chi connectivity index (χ1n) is 9.04. The van der Waals surface area contributed by atoms with Gasteiger partial charge in [-0.3, -0.25) is 9.79 Å². The van der Waals surface area contributed by atoms with Crippen LogP contribution >= 0.6 is 0 Å². The number of carbonyl (C=O) groups excluding carboxylic acids is 1. The third-order valence-corrected chi connectivity index (χ3v) is 4.72. The van der Waals surface area contributed by atoms with Crippen LogP contribution in [0, 0.1) is 0 Å². The molecule has 0 radical (unpaired) electrons. The number of benzene rings is 2. The van der Waals surface area contributed by atoms with Gasteiger partial charge in [-0.2, -0.15) is 0 Å². The molecule has 6 nitrogen and oxygen atoms in total. The zero-order chi connectivity index (χ0) is 18.6. The zero-order valence-electron chi connectivity index (χ0n) is 15.0. The Hall–Kier alpha value is -3.12. The quantitative estimate of drug-likeness (QED) is 0.709. The van der Waals surface area contributed by atoms with Gasteiger partial charge in [0.15, 0.2) is 0 Å². The van der Waals surface area contributed by atoms with Crippen LogP contribution in [0.15, 0.2) is 59.7 Å². The average molecular weight is 362 g/mol. The fourth-order valence-corrected chi connectivity index (χ4v) is 3.39. The van der Waals surface area contributed by atoms with Gasteiger partial charge >= 0.3 is 0 Å². The molecule has 0 spiro atoms. The number of ether oxygens (including phenoxy) is 1. The fourth-order valence-electron chi connectivity index (χ4n) is 3.39.